The predicted octanol–water partition coefficient (Wildman–Crippen LogP) is 2.58. The SMILES string of the molecule is CCN(CC[N+](C)(C)C)c1ccc(N=NC2[SH+]c3cc(OC)ccc3N2C)cc1.O=S(=O)([O-])[O-]. The fourth-order valence-electron chi connectivity index (χ4n) is 3.21. The highest BCUT2D eigenvalue weighted by Gasteiger charge is 2.35. The number of azo groups is 1. The fraction of sp³-hybridized carbons (Fsp3) is 0.455. The molecule has 0 saturated heterocycles. The first-order valence-corrected chi connectivity index (χ1v) is 12.9. The second-order valence-electron chi connectivity index (χ2n) is 8.67. The van der Waals surface area contributed by atoms with Gasteiger partial charge in [0.25, 0.3) is 0 Å². The van der Waals surface area contributed by atoms with Crippen LogP contribution < -0.4 is 14.5 Å². The van der Waals surface area contributed by atoms with Gasteiger partial charge in [-0.15, -0.1) is 10.2 Å². The number of hydrogen-bond acceptors (Lipinski definition) is 9. The van der Waals surface area contributed by atoms with E-state index in [0.717, 1.165) is 47.3 Å². The Morgan fingerprint density at radius 2 is 1.76 bits per heavy atom. The number of benzene rings is 2. The average Bonchev–Trinajstić information content (AvgIpc) is 3.06. The lowest BCUT2D eigenvalue weighted by Crippen LogP contribution is -2.42. The van der Waals surface area contributed by atoms with Crippen LogP contribution in [-0.2, 0) is 22.2 Å². The third-order valence-electron chi connectivity index (χ3n) is 5.08. The summed E-state index contributed by atoms with van der Waals surface area (Å²) < 4.78 is 40.4. The summed E-state index contributed by atoms with van der Waals surface area (Å²) in [6, 6.07) is 14.5. The van der Waals surface area contributed by atoms with Crippen LogP contribution in [-0.4, -0.2) is 82.4 Å². The van der Waals surface area contributed by atoms with Crippen molar-refractivity contribution in [2.75, 3.05) is 64.7 Å². The van der Waals surface area contributed by atoms with E-state index in [0.29, 0.717) is 0 Å². The van der Waals surface area contributed by atoms with Gasteiger partial charge in [-0.3, -0.25) is 8.42 Å². The van der Waals surface area contributed by atoms with Gasteiger partial charge in [-0.05, 0) is 43.3 Å². The molecule has 3 rings (SSSR count). The van der Waals surface area contributed by atoms with Crippen LogP contribution in [0.2, 0.25) is 0 Å². The molecule has 0 fully saturated rings. The van der Waals surface area contributed by atoms with Gasteiger partial charge in [-0.2, -0.15) is 0 Å². The Labute approximate surface area is 206 Å². The smallest absolute Gasteiger partial charge is 0.307 e. The highest BCUT2D eigenvalue weighted by molar-refractivity contribution is 7.80. The minimum absolute atomic E-state index is 0.00604. The van der Waals surface area contributed by atoms with E-state index in [1.54, 1.807) is 7.11 Å². The van der Waals surface area contributed by atoms with Crippen molar-refractivity contribution < 1.29 is 26.7 Å². The van der Waals surface area contributed by atoms with Crippen LogP contribution in [0.4, 0.5) is 17.1 Å². The standard InChI is InChI=1S/C22H32N5OS.H2O4S/c1-7-26(14-15-27(3,4)5)18-10-8-17(9-11-18)23-24-22-25(2)20-13-12-19(28-6)16-21(20)29-22;1-5(2,3)4/h8-13,16,22H,7,14-15H2,1-6H3;(H2,1,2,3,4)/q+1;/p-1. The Kier molecular flexibility index (Phi) is 9.71. The van der Waals surface area contributed by atoms with Crippen LogP contribution in [0.3, 0.4) is 0 Å². The van der Waals surface area contributed by atoms with Gasteiger partial charge in [0.15, 0.2) is 4.90 Å². The lowest BCUT2D eigenvalue weighted by molar-refractivity contribution is -0.868. The summed E-state index contributed by atoms with van der Waals surface area (Å²) in [5, 5.41) is 9.09. The summed E-state index contributed by atoms with van der Waals surface area (Å²) in [6.07, 6.45) is 0. The largest absolute Gasteiger partial charge is 0.759 e. The number of ether oxygens (including phenoxy) is 1. The first-order chi connectivity index (χ1) is 15.8. The van der Waals surface area contributed by atoms with Crippen molar-refractivity contribution in [3.63, 3.8) is 0 Å². The first kappa shape index (κ1) is 27.9. The average molecular weight is 512 g/mol. The molecule has 0 aliphatic carbocycles. The number of rotatable bonds is 8. The van der Waals surface area contributed by atoms with Gasteiger partial charge in [0.05, 0.1) is 64.5 Å². The Bertz CT molecular complexity index is 1060. The minimum Gasteiger partial charge on any atom is -0.759 e. The molecule has 2 aromatic rings. The van der Waals surface area contributed by atoms with Crippen LogP contribution in [0.15, 0.2) is 57.6 Å². The van der Waals surface area contributed by atoms with Crippen LogP contribution in [0.1, 0.15) is 6.92 Å². The van der Waals surface area contributed by atoms with E-state index in [2.05, 4.69) is 91.5 Å². The molecular weight excluding hydrogens is 478 g/mol. The summed E-state index contributed by atoms with van der Waals surface area (Å²) in [7, 11) is 5.27. The van der Waals surface area contributed by atoms with Crippen molar-refractivity contribution in [1.82, 2.24) is 0 Å². The third kappa shape index (κ3) is 9.11. The topological polar surface area (TPSA) is 121 Å². The Balaban J connectivity index is 0.000000739. The Hall–Kier alpha value is -2.38. The van der Waals surface area contributed by atoms with E-state index in [-0.39, 0.29) is 5.50 Å². The van der Waals surface area contributed by atoms with Crippen LogP contribution in [0.25, 0.3) is 0 Å². The molecule has 1 heterocycles. The molecule has 2 aromatic carbocycles. The normalized spacial score (nSPS) is 15.6. The van der Waals surface area contributed by atoms with E-state index >= 15 is 0 Å². The molecule has 0 saturated carbocycles. The quantitative estimate of drug-likeness (QED) is 0.133. The maximum atomic E-state index is 8.52. The number of hydrogen-bond donors (Lipinski definition) is 0. The van der Waals surface area contributed by atoms with Gasteiger partial charge in [0.2, 0.25) is 0 Å². The van der Waals surface area contributed by atoms with Crippen molar-refractivity contribution in [2.24, 2.45) is 10.2 Å². The van der Waals surface area contributed by atoms with Gasteiger partial charge in [0.1, 0.15) is 5.75 Å². The molecular formula is C22H33N5O5S2. The number of quaternary nitrogens is 1. The highest BCUT2D eigenvalue weighted by atomic mass is 32.3. The summed E-state index contributed by atoms with van der Waals surface area (Å²) in [6.45, 7) is 5.33. The van der Waals surface area contributed by atoms with E-state index < -0.39 is 10.4 Å². The summed E-state index contributed by atoms with van der Waals surface area (Å²) in [4.78, 5) is 5.79. The molecule has 1 unspecified atom stereocenters. The summed E-state index contributed by atoms with van der Waals surface area (Å²) >= 11 is 1.13. The third-order valence-corrected chi connectivity index (χ3v) is 6.39. The van der Waals surface area contributed by atoms with Crippen LogP contribution in [0.5, 0.6) is 5.75 Å². The summed E-state index contributed by atoms with van der Waals surface area (Å²) in [5.74, 6) is 0.878. The molecule has 0 bridgehead atoms. The van der Waals surface area contributed by atoms with E-state index in [9.17, 15) is 0 Å². The first-order valence-electron chi connectivity index (χ1n) is 10.7. The van der Waals surface area contributed by atoms with Crippen molar-refractivity contribution >= 4 is 39.2 Å². The van der Waals surface area contributed by atoms with Gasteiger partial charge < -0.3 is 28.1 Å². The van der Waals surface area contributed by atoms with Crippen LogP contribution in [0, 0.1) is 0 Å². The molecule has 1 aliphatic rings. The number of likely N-dealkylation sites (N-methyl/N-ethyl adjacent to an activating group) is 2. The van der Waals surface area contributed by atoms with Gasteiger partial charge in [-0.25, -0.2) is 0 Å². The molecule has 1 aliphatic heterocycles. The summed E-state index contributed by atoms with van der Waals surface area (Å²) in [5.41, 5.74) is 3.29. The zero-order valence-electron chi connectivity index (χ0n) is 20.4. The number of nitrogens with zero attached hydrogens (tertiary/aromatic N) is 5. The zero-order chi connectivity index (χ0) is 25.5. The van der Waals surface area contributed by atoms with E-state index in [1.165, 1.54) is 16.3 Å². The van der Waals surface area contributed by atoms with Crippen LogP contribution >= 0.6 is 0 Å². The van der Waals surface area contributed by atoms with E-state index in [1.807, 2.05) is 6.07 Å². The maximum absolute atomic E-state index is 8.52. The monoisotopic (exact) mass is 511 g/mol. The molecule has 0 amide bonds. The lowest BCUT2D eigenvalue weighted by atomic mass is 10.2. The Morgan fingerprint density at radius 1 is 1.15 bits per heavy atom. The van der Waals surface area contributed by atoms with Crippen molar-refractivity contribution in [1.29, 1.82) is 0 Å². The molecule has 10 nitrogen and oxygen atoms in total. The van der Waals surface area contributed by atoms with Crippen molar-refractivity contribution in [3.05, 3.63) is 42.5 Å². The van der Waals surface area contributed by atoms with E-state index in [4.69, 9.17) is 22.3 Å². The lowest BCUT2D eigenvalue weighted by Gasteiger charge is -2.29. The number of methoxy groups -OCH3 is 1. The molecule has 0 aromatic heterocycles. The van der Waals surface area contributed by atoms with Crippen molar-refractivity contribution in [2.45, 2.75) is 17.3 Å². The predicted molar refractivity (Wildman–Crippen MR) is 134 cm³/mol. The van der Waals surface area contributed by atoms with Gasteiger partial charge in [-0.1, -0.05) is 0 Å². The Morgan fingerprint density at radius 3 is 2.29 bits per heavy atom. The number of fused-ring (bicyclic) bond motifs is 1. The number of thiol groups is 1. The fourth-order valence-corrected chi connectivity index (χ4v) is 4.43. The molecule has 1 atom stereocenters. The highest BCUT2D eigenvalue weighted by Crippen LogP contribution is 2.36. The zero-order valence-corrected chi connectivity index (χ0v) is 22.1. The maximum Gasteiger partial charge on any atom is 0.307 e. The minimum atomic E-state index is -5.17. The second-order valence-corrected chi connectivity index (χ2v) is 10.7. The number of anilines is 2. The van der Waals surface area contributed by atoms with Gasteiger partial charge in [0, 0.05) is 35.7 Å². The molecule has 188 valence electrons. The second kappa shape index (κ2) is 11.8. The molecule has 0 N–H and O–H groups in total. The van der Waals surface area contributed by atoms with Crippen molar-refractivity contribution in [3.8, 4) is 5.75 Å². The molecule has 0 spiro atoms. The molecule has 34 heavy (non-hydrogen) atoms. The molecule has 0 radical (unpaired) electrons. The van der Waals surface area contributed by atoms with Gasteiger partial charge >= 0.3 is 5.50 Å². The molecule has 12 heteroatoms.